The standard InChI is InChI=1S/C19H23N3OS/c1-14-3-8-18(15(2)13-14)21-19(24)20-16-4-6-17(7-5-16)22-9-11-23-12-10-22/h3-8,13H,9-12H2,1-2H3,(H2,20,21,24). The molecule has 2 N–H and O–H groups in total. The Bertz CT molecular complexity index is 709. The first kappa shape index (κ1) is 16.7. The van der Waals surface area contributed by atoms with E-state index in [0.717, 1.165) is 37.7 Å². The van der Waals surface area contributed by atoms with Crippen molar-refractivity contribution in [1.29, 1.82) is 0 Å². The van der Waals surface area contributed by atoms with Crippen LogP contribution in [0, 0.1) is 13.8 Å². The first-order valence-electron chi connectivity index (χ1n) is 8.20. The first-order chi connectivity index (χ1) is 11.6. The molecule has 2 aromatic rings. The third kappa shape index (κ3) is 4.24. The van der Waals surface area contributed by atoms with Crippen LogP contribution >= 0.6 is 12.2 Å². The van der Waals surface area contributed by atoms with Crippen LogP contribution in [-0.2, 0) is 4.74 Å². The van der Waals surface area contributed by atoms with Gasteiger partial charge in [-0.25, -0.2) is 0 Å². The molecule has 2 aromatic carbocycles. The van der Waals surface area contributed by atoms with Gasteiger partial charge in [-0.05, 0) is 62.0 Å². The summed E-state index contributed by atoms with van der Waals surface area (Å²) in [5.41, 5.74) is 5.66. The zero-order valence-corrected chi connectivity index (χ0v) is 15.0. The summed E-state index contributed by atoms with van der Waals surface area (Å²) in [6.45, 7) is 7.64. The molecule has 1 aliphatic heterocycles. The number of nitrogens with one attached hydrogen (secondary N) is 2. The lowest BCUT2D eigenvalue weighted by atomic mass is 10.1. The van der Waals surface area contributed by atoms with Gasteiger partial charge in [0.2, 0.25) is 0 Å². The summed E-state index contributed by atoms with van der Waals surface area (Å²) < 4.78 is 5.39. The maximum absolute atomic E-state index is 5.42. The Morgan fingerprint density at radius 3 is 2.38 bits per heavy atom. The van der Waals surface area contributed by atoms with Gasteiger partial charge in [-0.2, -0.15) is 0 Å². The largest absolute Gasteiger partial charge is 0.378 e. The molecule has 1 saturated heterocycles. The molecule has 0 radical (unpaired) electrons. The maximum atomic E-state index is 5.42. The van der Waals surface area contributed by atoms with E-state index in [1.54, 1.807) is 0 Å². The summed E-state index contributed by atoms with van der Waals surface area (Å²) in [6, 6.07) is 14.6. The summed E-state index contributed by atoms with van der Waals surface area (Å²) >= 11 is 5.42. The van der Waals surface area contributed by atoms with E-state index in [0.29, 0.717) is 5.11 Å². The van der Waals surface area contributed by atoms with Gasteiger partial charge in [0.1, 0.15) is 0 Å². The number of aryl methyl sites for hydroxylation is 2. The summed E-state index contributed by atoms with van der Waals surface area (Å²) in [5.74, 6) is 0. The van der Waals surface area contributed by atoms with E-state index in [1.165, 1.54) is 16.8 Å². The van der Waals surface area contributed by atoms with Crippen molar-refractivity contribution in [3.8, 4) is 0 Å². The Balaban J connectivity index is 1.59. The van der Waals surface area contributed by atoms with E-state index in [4.69, 9.17) is 17.0 Å². The molecule has 1 heterocycles. The molecule has 3 rings (SSSR count). The molecule has 24 heavy (non-hydrogen) atoms. The lowest BCUT2D eigenvalue weighted by Gasteiger charge is -2.29. The molecular formula is C19H23N3OS. The molecule has 0 aromatic heterocycles. The zero-order valence-electron chi connectivity index (χ0n) is 14.1. The van der Waals surface area contributed by atoms with Crippen molar-refractivity contribution in [3.63, 3.8) is 0 Å². The Kier molecular flexibility index (Phi) is 5.33. The Morgan fingerprint density at radius 2 is 1.71 bits per heavy atom. The Hall–Kier alpha value is -2.11. The van der Waals surface area contributed by atoms with E-state index < -0.39 is 0 Å². The van der Waals surface area contributed by atoms with E-state index in [9.17, 15) is 0 Å². The summed E-state index contributed by atoms with van der Waals surface area (Å²) in [5, 5.41) is 7.09. The molecule has 0 spiro atoms. The summed E-state index contributed by atoms with van der Waals surface area (Å²) in [4.78, 5) is 2.33. The average molecular weight is 341 g/mol. The number of rotatable bonds is 3. The zero-order chi connectivity index (χ0) is 16.9. The fraction of sp³-hybridized carbons (Fsp3) is 0.316. The second-order valence-electron chi connectivity index (χ2n) is 6.04. The molecule has 5 heteroatoms. The van der Waals surface area contributed by atoms with Crippen LogP contribution in [0.4, 0.5) is 17.1 Å². The van der Waals surface area contributed by atoms with Crippen LogP contribution in [0.2, 0.25) is 0 Å². The van der Waals surface area contributed by atoms with Gasteiger partial charge < -0.3 is 20.3 Å². The molecule has 126 valence electrons. The highest BCUT2D eigenvalue weighted by Crippen LogP contribution is 2.20. The number of ether oxygens (including phenoxy) is 1. The van der Waals surface area contributed by atoms with Gasteiger partial charge in [0, 0.05) is 30.2 Å². The highest BCUT2D eigenvalue weighted by atomic mass is 32.1. The van der Waals surface area contributed by atoms with Crippen molar-refractivity contribution >= 4 is 34.4 Å². The normalized spacial score (nSPS) is 14.3. The number of anilines is 3. The minimum Gasteiger partial charge on any atom is -0.378 e. The molecule has 0 saturated carbocycles. The van der Waals surface area contributed by atoms with E-state index in [1.807, 2.05) is 0 Å². The molecule has 0 aliphatic carbocycles. The van der Waals surface area contributed by atoms with Crippen molar-refractivity contribution in [2.45, 2.75) is 13.8 Å². The summed E-state index contributed by atoms with van der Waals surface area (Å²) in [6.07, 6.45) is 0. The molecule has 0 bridgehead atoms. The lowest BCUT2D eigenvalue weighted by molar-refractivity contribution is 0.122. The molecule has 4 nitrogen and oxygen atoms in total. The van der Waals surface area contributed by atoms with Crippen molar-refractivity contribution < 1.29 is 4.74 Å². The maximum Gasteiger partial charge on any atom is 0.175 e. The number of hydrogen-bond acceptors (Lipinski definition) is 3. The average Bonchev–Trinajstić information content (AvgIpc) is 2.59. The van der Waals surface area contributed by atoms with Crippen molar-refractivity contribution in [2.24, 2.45) is 0 Å². The van der Waals surface area contributed by atoms with Crippen LogP contribution in [-0.4, -0.2) is 31.4 Å². The molecule has 0 atom stereocenters. The molecule has 0 unspecified atom stereocenters. The minimum absolute atomic E-state index is 0.598. The van der Waals surface area contributed by atoms with Gasteiger partial charge in [-0.15, -0.1) is 0 Å². The fourth-order valence-electron chi connectivity index (χ4n) is 2.82. The third-order valence-electron chi connectivity index (χ3n) is 4.13. The molecular weight excluding hydrogens is 318 g/mol. The highest BCUT2D eigenvalue weighted by molar-refractivity contribution is 7.80. The van der Waals surface area contributed by atoms with Gasteiger partial charge in [-0.3, -0.25) is 0 Å². The van der Waals surface area contributed by atoms with Crippen molar-refractivity contribution in [2.75, 3.05) is 41.8 Å². The number of benzene rings is 2. The topological polar surface area (TPSA) is 36.5 Å². The second kappa shape index (κ2) is 7.64. The van der Waals surface area contributed by atoms with E-state index >= 15 is 0 Å². The van der Waals surface area contributed by atoms with Crippen molar-refractivity contribution in [1.82, 2.24) is 0 Å². The lowest BCUT2D eigenvalue weighted by Crippen LogP contribution is -2.36. The Labute approximate surface area is 148 Å². The number of thiocarbonyl (C=S) groups is 1. The van der Waals surface area contributed by atoms with Gasteiger partial charge in [-0.1, -0.05) is 17.7 Å². The van der Waals surface area contributed by atoms with Crippen LogP contribution < -0.4 is 15.5 Å². The molecule has 0 amide bonds. The second-order valence-corrected chi connectivity index (χ2v) is 6.45. The van der Waals surface area contributed by atoms with Crippen LogP contribution in [0.5, 0.6) is 0 Å². The molecule has 1 fully saturated rings. The predicted octanol–water partition coefficient (Wildman–Crippen LogP) is 3.95. The third-order valence-corrected chi connectivity index (χ3v) is 4.34. The fourth-order valence-corrected chi connectivity index (χ4v) is 3.04. The Morgan fingerprint density at radius 1 is 1.00 bits per heavy atom. The minimum atomic E-state index is 0.598. The van der Waals surface area contributed by atoms with Crippen LogP contribution in [0.25, 0.3) is 0 Å². The van der Waals surface area contributed by atoms with Crippen molar-refractivity contribution in [3.05, 3.63) is 53.6 Å². The van der Waals surface area contributed by atoms with E-state index in [2.05, 4.69) is 71.8 Å². The van der Waals surface area contributed by atoms with E-state index in [-0.39, 0.29) is 0 Å². The smallest absolute Gasteiger partial charge is 0.175 e. The van der Waals surface area contributed by atoms with Gasteiger partial charge in [0.25, 0.3) is 0 Å². The van der Waals surface area contributed by atoms with Gasteiger partial charge >= 0.3 is 0 Å². The number of morpholine rings is 1. The number of hydrogen-bond donors (Lipinski definition) is 2. The SMILES string of the molecule is Cc1ccc(NC(=S)Nc2ccc(N3CCOCC3)cc2)c(C)c1. The predicted molar refractivity (Wildman–Crippen MR) is 105 cm³/mol. The van der Waals surface area contributed by atoms with Crippen LogP contribution in [0.1, 0.15) is 11.1 Å². The summed E-state index contributed by atoms with van der Waals surface area (Å²) in [7, 11) is 0. The molecule has 1 aliphatic rings. The van der Waals surface area contributed by atoms with Crippen LogP contribution in [0.15, 0.2) is 42.5 Å². The number of nitrogens with zero attached hydrogens (tertiary/aromatic N) is 1. The quantitative estimate of drug-likeness (QED) is 0.827. The van der Waals surface area contributed by atoms with Crippen LogP contribution in [0.3, 0.4) is 0 Å². The van der Waals surface area contributed by atoms with Gasteiger partial charge in [0.15, 0.2) is 5.11 Å². The first-order valence-corrected chi connectivity index (χ1v) is 8.61. The van der Waals surface area contributed by atoms with Gasteiger partial charge in [0.05, 0.1) is 13.2 Å². The highest BCUT2D eigenvalue weighted by Gasteiger charge is 2.11. The monoisotopic (exact) mass is 341 g/mol.